The van der Waals surface area contributed by atoms with E-state index in [4.69, 9.17) is 2.74 Å². The highest BCUT2D eigenvalue weighted by molar-refractivity contribution is 5.97. The normalized spacial score (nSPS) is 11.7. The monoisotopic (exact) mass is 420 g/mol. The van der Waals surface area contributed by atoms with Gasteiger partial charge in [0.25, 0.3) is 11.8 Å². The number of nitrogens with one attached hydrogen (secondary N) is 2. The van der Waals surface area contributed by atoms with Crippen LogP contribution >= 0.6 is 0 Å². The Morgan fingerprint density at radius 3 is 2.26 bits per heavy atom. The number of methoxy groups -OCH3 is 1. The van der Waals surface area contributed by atoms with Gasteiger partial charge in [-0.3, -0.25) is 9.59 Å². The third-order valence-electron chi connectivity index (χ3n) is 4.29. The Kier molecular flexibility index (Phi) is 6.17. The van der Waals surface area contributed by atoms with Crippen LogP contribution in [0.25, 0.3) is 0 Å². The molecule has 1 aromatic heterocycles. The van der Waals surface area contributed by atoms with Gasteiger partial charge in [-0.05, 0) is 30.2 Å². The topological polar surface area (TPSA) is 110 Å². The Labute approximate surface area is 182 Å². The number of ether oxygens (including phenoxy) is 1. The first-order valence-electron chi connectivity index (χ1n) is 10.4. The summed E-state index contributed by atoms with van der Waals surface area (Å²) in [5.74, 6) is -1.87. The number of hydrogen-bond acceptors (Lipinski definition) is 6. The summed E-state index contributed by atoms with van der Waals surface area (Å²) >= 11 is 0. The zero-order chi connectivity index (χ0) is 24.0. The summed E-state index contributed by atoms with van der Waals surface area (Å²) < 4.78 is 21.0. The Hall–Kier alpha value is -4.07. The van der Waals surface area contributed by atoms with Crippen molar-refractivity contribution < 1.29 is 21.9 Å². The molecule has 2 aromatic carbocycles. The molecule has 0 bridgehead atoms. The van der Waals surface area contributed by atoms with Crippen LogP contribution in [0.1, 0.15) is 50.8 Å². The molecule has 2 amide bonds. The highest BCUT2D eigenvalue weighted by Gasteiger charge is 2.13. The molecule has 0 aliphatic rings. The molecule has 0 aliphatic carbocycles. The minimum absolute atomic E-state index is 0.0224. The Balaban J connectivity index is 1.68. The van der Waals surface area contributed by atoms with E-state index in [9.17, 15) is 14.4 Å². The van der Waals surface area contributed by atoms with Gasteiger partial charge >= 0.3 is 5.97 Å². The van der Waals surface area contributed by atoms with Gasteiger partial charge in [-0.1, -0.05) is 42.0 Å². The third kappa shape index (κ3) is 5.96. The molecule has 0 radical (unpaired) electrons. The van der Waals surface area contributed by atoms with Gasteiger partial charge in [-0.25, -0.2) is 14.8 Å². The summed E-state index contributed by atoms with van der Waals surface area (Å²) in [5.41, 5.74) is 2.17. The molecule has 3 rings (SSSR count). The number of carbonyl (C=O) groups excluding carboxylic acids is 3. The largest absolute Gasteiger partial charge is 0.465 e. The first kappa shape index (κ1) is 18.9. The first-order chi connectivity index (χ1) is 15.7. The lowest BCUT2D eigenvalue weighted by Crippen LogP contribution is -2.27. The fourth-order valence-electron chi connectivity index (χ4n) is 2.70. The van der Waals surface area contributed by atoms with Gasteiger partial charge < -0.3 is 15.4 Å². The molecule has 0 fully saturated rings. The summed E-state index contributed by atoms with van der Waals surface area (Å²) in [4.78, 5) is 44.3. The molecule has 158 valence electrons. The van der Waals surface area contributed by atoms with E-state index in [1.165, 1.54) is 37.4 Å². The number of carbonyl (C=O) groups is 3. The molecule has 0 aliphatic heterocycles. The van der Waals surface area contributed by atoms with Gasteiger partial charge in [-0.2, -0.15) is 0 Å². The molecule has 0 unspecified atom stereocenters. The Morgan fingerprint density at radius 1 is 0.935 bits per heavy atom. The van der Waals surface area contributed by atoms with E-state index in [0.29, 0.717) is 0 Å². The minimum Gasteiger partial charge on any atom is -0.465 e. The van der Waals surface area contributed by atoms with Crippen LogP contribution < -0.4 is 10.6 Å². The van der Waals surface area contributed by atoms with Crippen LogP contribution in [0.3, 0.4) is 0 Å². The number of esters is 1. The highest BCUT2D eigenvalue weighted by atomic mass is 16.5. The number of hydrogen-bond donors (Lipinski definition) is 2. The van der Waals surface area contributed by atoms with Crippen LogP contribution in [0.15, 0.2) is 60.9 Å². The lowest BCUT2D eigenvalue weighted by molar-refractivity contribution is 0.0600. The predicted molar refractivity (Wildman–Crippen MR) is 113 cm³/mol. The van der Waals surface area contributed by atoms with Crippen molar-refractivity contribution in [3.05, 3.63) is 94.6 Å². The molecule has 1 heterocycles. The zero-order valence-corrected chi connectivity index (χ0v) is 17.0. The second kappa shape index (κ2) is 10.1. The fraction of sp³-hybridized carbons (Fsp3) is 0.174. The second-order valence-corrected chi connectivity index (χ2v) is 6.61. The van der Waals surface area contributed by atoms with Crippen molar-refractivity contribution in [3.8, 4) is 0 Å². The van der Waals surface area contributed by atoms with Crippen molar-refractivity contribution >= 4 is 17.8 Å². The van der Waals surface area contributed by atoms with Gasteiger partial charge in [0.1, 0.15) is 17.7 Å². The van der Waals surface area contributed by atoms with E-state index in [1.807, 2.05) is 31.2 Å². The van der Waals surface area contributed by atoms with Crippen LogP contribution in [0.4, 0.5) is 0 Å². The van der Waals surface area contributed by atoms with E-state index < -0.39 is 24.3 Å². The number of nitrogens with zero attached hydrogens (tertiary/aromatic N) is 2. The van der Waals surface area contributed by atoms with E-state index >= 15 is 0 Å². The van der Waals surface area contributed by atoms with Crippen molar-refractivity contribution in [3.63, 3.8) is 0 Å². The minimum atomic E-state index is -2.26. The summed E-state index contributed by atoms with van der Waals surface area (Å²) in [5, 5.41) is 4.97. The van der Waals surface area contributed by atoms with Crippen LogP contribution in [0, 0.1) is 6.92 Å². The molecule has 8 heteroatoms. The van der Waals surface area contributed by atoms with Gasteiger partial charge in [0.15, 0.2) is 0 Å². The summed E-state index contributed by atoms with van der Waals surface area (Å²) in [7, 11) is 1.24. The SMILES string of the molecule is [2H]C([2H])(NC(=O)c1cc(C(=O)NCc2cccc(C)c2)ncn1)c1ccc(C(=O)OC)cc1. The van der Waals surface area contributed by atoms with Crippen molar-refractivity contribution in [1.82, 2.24) is 20.6 Å². The smallest absolute Gasteiger partial charge is 0.337 e. The number of benzene rings is 2. The maximum atomic E-state index is 12.6. The van der Waals surface area contributed by atoms with E-state index in [1.54, 1.807) is 0 Å². The predicted octanol–water partition coefficient (Wildman–Crippen LogP) is 2.43. The van der Waals surface area contributed by atoms with Crippen LogP contribution in [0.2, 0.25) is 0 Å². The Bertz CT molecular complexity index is 1180. The molecule has 2 N–H and O–H groups in total. The molecule has 8 nitrogen and oxygen atoms in total. The fourth-order valence-corrected chi connectivity index (χ4v) is 2.70. The molecule has 0 spiro atoms. The van der Waals surface area contributed by atoms with Gasteiger partial charge in [0, 0.05) is 19.1 Å². The van der Waals surface area contributed by atoms with Crippen LogP contribution in [-0.4, -0.2) is 34.9 Å². The van der Waals surface area contributed by atoms with Crippen molar-refractivity contribution in [2.75, 3.05) is 7.11 Å². The van der Waals surface area contributed by atoms with Crippen molar-refractivity contribution in [2.45, 2.75) is 20.0 Å². The molecule has 31 heavy (non-hydrogen) atoms. The molecule has 0 atom stereocenters. The lowest BCUT2D eigenvalue weighted by atomic mass is 10.1. The maximum Gasteiger partial charge on any atom is 0.337 e. The molecular weight excluding hydrogens is 396 g/mol. The summed E-state index contributed by atoms with van der Waals surface area (Å²) in [6.45, 7) is -0.0206. The quantitative estimate of drug-likeness (QED) is 0.568. The number of aromatic nitrogens is 2. The summed E-state index contributed by atoms with van der Waals surface area (Å²) in [6.07, 6.45) is 1.07. The zero-order valence-electron chi connectivity index (χ0n) is 19.0. The maximum absolute atomic E-state index is 12.6. The lowest BCUT2D eigenvalue weighted by Gasteiger charge is -2.08. The standard InChI is InChI=1S/C23H22N4O4/c1-15-4-3-5-17(10-15)13-25-22(29)20-11-19(26-14-27-20)21(28)24-12-16-6-8-18(9-7-16)23(30)31-2/h3-11,14H,12-13H2,1-2H3,(H,24,28)(H,25,29)/i12D2. The van der Waals surface area contributed by atoms with Crippen LogP contribution in [-0.2, 0) is 17.8 Å². The van der Waals surface area contributed by atoms with Crippen molar-refractivity contribution in [2.24, 2.45) is 0 Å². The number of rotatable bonds is 7. The average molecular weight is 420 g/mol. The average Bonchev–Trinajstić information content (AvgIpc) is 2.82. The second-order valence-electron chi connectivity index (χ2n) is 6.61. The van der Waals surface area contributed by atoms with Gasteiger partial charge in [-0.15, -0.1) is 0 Å². The third-order valence-corrected chi connectivity index (χ3v) is 4.29. The first-order valence-corrected chi connectivity index (χ1v) is 9.37. The van der Waals surface area contributed by atoms with E-state index in [0.717, 1.165) is 17.5 Å². The van der Waals surface area contributed by atoms with Crippen molar-refractivity contribution in [1.29, 1.82) is 0 Å². The molecule has 0 saturated carbocycles. The van der Waals surface area contributed by atoms with Gasteiger partial charge in [0.05, 0.1) is 15.4 Å². The summed E-state index contributed by atoms with van der Waals surface area (Å²) in [6, 6.07) is 14.4. The Morgan fingerprint density at radius 2 is 1.61 bits per heavy atom. The molecule has 3 aromatic rings. The van der Waals surface area contributed by atoms with Crippen LogP contribution in [0.5, 0.6) is 0 Å². The highest BCUT2D eigenvalue weighted by Crippen LogP contribution is 2.07. The van der Waals surface area contributed by atoms with Gasteiger partial charge in [0.2, 0.25) is 0 Å². The number of aryl methyl sites for hydroxylation is 1. The van der Waals surface area contributed by atoms with E-state index in [-0.39, 0.29) is 29.1 Å². The number of amides is 2. The molecule has 0 saturated heterocycles. The molecular formula is C23H22N4O4. The van der Waals surface area contributed by atoms with E-state index in [2.05, 4.69) is 25.3 Å².